The Labute approximate surface area is 123 Å². The van der Waals surface area contributed by atoms with Crippen LogP contribution < -0.4 is 9.47 Å². The van der Waals surface area contributed by atoms with Crippen molar-refractivity contribution in [1.82, 2.24) is 4.98 Å². The van der Waals surface area contributed by atoms with Crippen molar-refractivity contribution in [2.24, 2.45) is 0 Å². The number of ether oxygens (including phenoxy) is 2. The molecule has 0 atom stereocenters. The number of benzene rings is 1. The van der Waals surface area contributed by atoms with Crippen LogP contribution in [0, 0.1) is 17.0 Å². The van der Waals surface area contributed by atoms with Crippen molar-refractivity contribution in [3.8, 4) is 17.4 Å². The summed E-state index contributed by atoms with van der Waals surface area (Å²) in [7, 11) is 1.48. The van der Waals surface area contributed by atoms with Gasteiger partial charge in [-0.3, -0.25) is 10.1 Å². The number of aryl methyl sites for hydroxylation is 1. The molecule has 1 aromatic carbocycles. The summed E-state index contributed by atoms with van der Waals surface area (Å²) >= 11 is 3.33. The van der Waals surface area contributed by atoms with Crippen LogP contribution in [0.1, 0.15) is 5.56 Å². The van der Waals surface area contributed by atoms with Crippen LogP contribution in [0.25, 0.3) is 0 Å². The molecule has 0 spiro atoms. The highest BCUT2D eigenvalue weighted by atomic mass is 79.9. The zero-order valence-electron chi connectivity index (χ0n) is 10.8. The SMILES string of the molecule is COc1ccc([N+](=O)[O-])c(Oc2cc(C)c(Br)cn2)c1. The minimum Gasteiger partial charge on any atom is -0.497 e. The number of hydrogen-bond acceptors (Lipinski definition) is 5. The summed E-state index contributed by atoms with van der Waals surface area (Å²) in [6.45, 7) is 1.87. The molecule has 20 heavy (non-hydrogen) atoms. The molecule has 0 unspecified atom stereocenters. The van der Waals surface area contributed by atoms with Gasteiger partial charge < -0.3 is 9.47 Å². The Morgan fingerprint density at radius 2 is 2.10 bits per heavy atom. The third-order valence-electron chi connectivity index (χ3n) is 2.60. The molecule has 0 aliphatic carbocycles. The molecule has 104 valence electrons. The molecule has 1 heterocycles. The largest absolute Gasteiger partial charge is 0.497 e. The number of hydrogen-bond donors (Lipinski definition) is 0. The Balaban J connectivity index is 2.40. The van der Waals surface area contributed by atoms with Gasteiger partial charge in [0.15, 0.2) is 0 Å². The number of rotatable bonds is 4. The summed E-state index contributed by atoms with van der Waals surface area (Å²) in [6, 6.07) is 5.98. The van der Waals surface area contributed by atoms with Crippen LogP contribution in [-0.2, 0) is 0 Å². The third-order valence-corrected chi connectivity index (χ3v) is 3.43. The van der Waals surface area contributed by atoms with Gasteiger partial charge in [0.25, 0.3) is 0 Å². The average molecular weight is 339 g/mol. The van der Waals surface area contributed by atoms with E-state index in [0.717, 1.165) is 10.0 Å². The van der Waals surface area contributed by atoms with E-state index >= 15 is 0 Å². The smallest absolute Gasteiger partial charge is 0.311 e. The minimum absolute atomic E-state index is 0.0866. The lowest BCUT2D eigenvalue weighted by Gasteiger charge is -2.08. The number of aromatic nitrogens is 1. The number of nitro groups is 1. The van der Waals surface area contributed by atoms with Crippen LogP contribution in [0.5, 0.6) is 17.4 Å². The van der Waals surface area contributed by atoms with Gasteiger partial charge in [-0.1, -0.05) is 0 Å². The highest BCUT2D eigenvalue weighted by molar-refractivity contribution is 9.10. The Morgan fingerprint density at radius 1 is 1.35 bits per heavy atom. The van der Waals surface area contributed by atoms with E-state index in [4.69, 9.17) is 9.47 Å². The highest BCUT2D eigenvalue weighted by Gasteiger charge is 2.17. The molecule has 0 bridgehead atoms. The number of halogens is 1. The minimum atomic E-state index is -0.513. The predicted octanol–water partition coefficient (Wildman–Crippen LogP) is 3.86. The summed E-state index contributed by atoms with van der Waals surface area (Å²) < 4.78 is 11.4. The fraction of sp³-hybridized carbons (Fsp3) is 0.154. The zero-order valence-corrected chi connectivity index (χ0v) is 12.4. The average Bonchev–Trinajstić information content (AvgIpc) is 2.42. The maximum atomic E-state index is 11.0. The van der Waals surface area contributed by atoms with Gasteiger partial charge >= 0.3 is 5.69 Å². The van der Waals surface area contributed by atoms with Gasteiger partial charge in [0.1, 0.15) is 5.75 Å². The summed E-state index contributed by atoms with van der Waals surface area (Å²) in [5, 5.41) is 11.0. The number of nitro benzene ring substituents is 1. The van der Waals surface area contributed by atoms with Crippen LogP contribution in [0.3, 0.4) is 0 Å². The Hall–Kier alpha value is -2.15. The molecule has 2 aromatic rings. The molecule has 0 aliphatic heterocycles. The van der Waals surface area contributed by atoms with Gasteiger partial charge in [0, 0.05) is 28.9 Å². The van der Waals surface area contributed by atoms with Gasteiger partial charge in [-0.2, -0.15) is 0 Å². The van der Waals surface area contributed by atoms with Crippen molar-refractivity contribution >= 4 is 21.6 Å². The van der Waals surface area contributed by atoms with Crippen molar-refractivity contribution in [3.05, 3.63) is 50.6 Å². The fourth-order valence-electron chi connectivity index (χ4n) is 1.54. The second-order valence-corrected chi connectivity index (χ2v) is 4.82. The van der Waals surface area contributed by atoms with Crippen molar-refractivity contribution < 1.29 is 14.4 Å². The molecule has 1 aromatic heterocycles. The van der Waals surface area contributed by atoms with Crippen LogP contribution in [0.2, 0.25) is 0 Å². The number of methoxy groups -OCH3 is 1. The van der Waals surface area contributed by atoms with Gasteiger partial charge in [-0.25, -0.2) is 4.98 Å². The first kappa shape index (κ1) is 14.3. The first-order valence-electron chi connectivity index (χ1n) is 5.63. The van der Waals surface area contributed by atoms with E-state index in [2.05, 4.69) is 20.9 Å². The zero-order chi connectivity index (χ0) is 14.7. The summed E-state index contributed by atoms with van der Waals surface area (Å²) in [5.74, 6) is 0.838. The molecule has 0 aliphatic rings. The molecule has 0 amide bonds. The molecular weight excluding hydrogens is 328 g/mol. The normalized spacial score (nSPS) is 10.2. The lowest BCUT2D eigenvalue weighted by molar-refractivity contribution is -0.385. The predicted molar refractivity (Wildman–Crippen MR) is 76.4 cm³/mol. The molecule has 7 heteroatoms. The highest BCUT2D eigenvalue weighted by Crippen LogP contribution is 2.34. The van der Waals surface area contributed by atoms with E-state index in [0.29, 0.717) is 5.75 Å². The Bertz CT molecular complexity index is 661. The lowest BCUT2D eigenvalue weighted by atomic mass is 10.2. The standard InChI is InChI=1S/C13H11BrN2O4/c1-8-5-13(15-7-10(8)14)20-12-6-9(19-2)3-4-11(12)16(17)18/h3-7H,1-2H3. The quantitative estimate of drug-likeness (QED) is 0.625. The van der Waals surface area contributed by atoms with E-state index in [1.807, 2.05) is 6.92 Å². The first-order chi connectivity index (χ1) is 9.51. The molecule has 2 rings (SSSR count). The number of pyridine rings is 1. The van der Waals surface area contributed by atoms with Crippen LogP contribution in [0.4, 0.5) is 5.69 Å². The molecule has 6 nitrogen and oxygen atoms in total. The number of nitrogens with zero attached hydrogens (tertiary/aromatic N) is 2. The van der Waals surface area contributed by atoms with Crippen LogP contribution in [0.15, 0.2) is 34.9 Å². The van der Waals surface area contributed by atoms with Gasteiger partial charge in [-0.15, -0.1) is 0 Å². The van der Waals surface area contributed by atoms with Crippen LogP contribution in [-0.4, -0.2) is 17.0 Å². The van der Waals surface area contributed by atoms with Crippen LogP contribution >= 0.6 is 15.9 Å². The maximum absolute atomic E-state index is 11.0. The summed E-state index contributed by atoms with van der Waals surface area (Å²) in [4.78, 5) is 14.5. The second kappa shape index (κ2) is 5.87. The molecular formula is C13H11BrN2O4. The van der Waals surface area contributed by atoms with Gasteiger partial charge in [0.05, 0.1) is 12.0 Å². The Kier molecular flexibility index (Phi) is 4.19. The van der Waals surface area contributed by atoms with E-state index < -0.39 is 4.92 Å². The maximum Gasteiger partial charge on any atom is 0.311 e. The lowest BCUT2D eigenvalue weighted by Crippen LogP contribution is -1.96. The van der Waals surface area contributed by atoms with Crippen molar-refractivity contribution in [3.63, 3.8) is 0 Å². The molecule has 0 saturated heterocycles. The molecule has 0 fully saturated rings. The second-order valence-electron chi connectivity index (χ2n) is 3.96. The van der Waals surface area contributed by atoms with Crippen molar-refractivity contribution in [2.45, 2.75) is 6.92 Å². The van der Waals surface area contributed by atoms with E-state index in [9.17, 15) is 10.1 Å². The van der Waals surface area contributed by atoms with Gasteiger partial charge in [-0.05, 0) is 34.5 Å². The molecule has 0 saturated carbocycles. The van der Waals surface area contributed by atoms with E-state index in [1.54, 1.807) is 12.3 Å². The summed E-state index contributed by atoms with van der Waals surface area (Å²) in [5.41, 5.74) is 0.772. The van der Waals surface area contributed by atoms with E-state index in [1.165, 1.54) is 25.3 Å². The molecule has 0 radical (unpaired) electrons. The Morgan fingerprint density at radius 3 is 2.70 bits per heavy atom. The first-order valence-corrected chi connectivity index (χ1v) is 6.43. The van der Waals surface area contributed by atoms with Gasteiger partial charge in [0.2, 0.25) is 11.6 Å². The molecule has 0 N–H and O–H groups in total. The summed E-state index contributed by atoms with van der Waals surface area (Å²) in [6.07, 6.45) is 1.58. The fourth-order valence-corrected chi connectivity index (χ4v) is 1.75. The van der Waals surface area contributed by atoms with Crippen molar-refractivity contribution in [1.29, 1.82) is 0 Å². The van der Waals surface area contributed by atoms with E-state index in [-0.39, 0.29) is 17.3 Å². The topological polar surface area (TPSA) is 74.5 Å². The van der Waals surface area contributed by atoms with Crippen molar-refractivity contribution in [2.75, 3.05) is 7.11 Å². The third kappa shape index (κ3) is 3.05. The monoisotopic (exact) mass is 338 g/mol.